The minimum absolute atomic E-state index is 0.189. The van der Waals surface area contributed by atoms with Crippen molar-refractivity contribution in [1.29, 1.82) is 0 Å². The first-order valence-corrected chi connectivity index (χ1v) is 23.5. The van der Waals surface area contributed by atoms with Crippen molar-refractivity contribution in [1.82, 2.24) is 13.9 Å². The molecule has 0 aromatic heterocycles. The summed E-state index contributed by atoms with van der Waals surface area (Å²) in [6.07, 6.45) is 8.80. The molecule has 1 N–H and O–H groups in total. The zero-order valence-electron chi connectivity index (χ0n) is 34.1. The van der Waals surface area contributed by atoms with E-state index in [-0.39, 0.29) is 22.7 Å². The van der Waals surface area contributed by atoms with Crippen LogP contribution in [0, 0.1) is 18.8 Å². The second kappa shape index (κ2) is 19.3. The molecule has 2 aliphatic carbocycles. The zero-order chi connectivity index (χ0) is 41.3. The van der Waals surface area contributed by atoms with E-state index in [0.717, 1.165) is 41.5 Å². The Labute approximate surface area is 346 Å². The summed E-state index contributed by atoms with van der Waals surface area (Å²) in [5.74, 6) is 1.46. The van der Waals surface area contributed by atoms with Gasteiger partial charge in [0.25, 0.3) is 0 Å². The number of rotatable bonds is 15. The van der Waals surface area contributed by atoms with Crippen molar-refractivity contribution in [3.63, 3.8) is 0 Å². The first-order valence-electron chi connectivity index (χ1n) is 20.6. The van der Waals surface area contributed by atoms with Gasteiger partial charge < -0.3 is 9.64 Å². The fraction of sp³-hybridized carbons (Fsp3) is 0.426. The summed E-state index contributed by atoms with van der Waals surface area (Å²) in [5.41, 5.74) is 3.77. The van der Waals surface area contributed by atoms with Crippen LogP contribution in [0.25, 0.3) is 0 Å². The van der Waals surface area contributed by atoms with Crippen molar-refractivity contribution >= 4 is 26.0 Å². The van der Waals surface area contributed by atoms with Gasteiger partial charge in [-0.2, -0.15) is 4.72 Å². The van der Waals surface area contributed by atoms with Crippen molar-refractivity contribution in [3.05, 3.63) is 144 Å². The molecule has 58 heavy (non-hydrogen) atoms. The third kappa shape index (κ3) is 10.7. The number of nitrogens with zero attached hydrogens (tertiary/aromatic N) is 2. The van der Waals surface area contributed by atoms with Gasteiger partial charge in [-0.25, -0.2) is 21.1 Å². The third-order valence-corrected chi connectivity index (χ3v) is 15.5. The van der Waals surface area contributed by atoms with E-state index >= 15 is 0 Å². The number of allylic oxidation sites excluding steroid dienone is 1. The quantitative estimate of drug-likeness (QED) is 0.0950. The summed E-state index contributed by atoms with van der Waals surface area (Å²) in [4.78, 5) is 15.3. The third-order valence-electron chi connectivity index (χ3n) is 12.2. The van der Waals surface area contributed by atoms with Gasteiger partial charge in [0.15, 0.2) is 0 Å². The Bertz CT molecular complexity index is 2200. The highest BCUT2D eigenvalue weighted by atomic mass is 32.2. The number of fused-ring (bicyclic) bond motifs is 2. The van der Waals surface area contributed by atoms with Gasteiger partial charge in [0, 0.05) is 38.4 Å². The molecule has 310 valence electrons. The molecule has 4 aromatic carbocycles. The van der Waals surface area contributed by atoms with Crippen LogP contribution < -0.4 is 4.72 Å². The zero-order valence-corrected chi connectivity index (χ0v) is 35.8. The Morgan fingerprint density at radius 2 is 1.53 bits per heavy atom. The van der Waals surface area contributed by atoms with Crippen LogP contribution in [0.3, 0.4) is 0 Å². The molecule has 9 nitrogen and oxygen atoms in total. The van der Waals surface area contributed by atoms with Crippen LogP contribution in [-0.4, -0.2) is 71.3 Å². The van der Waals surface area contributed by atoms with E-state index < -0.39 is 32.2 Å². The molecule has 0 spiro atoms. The van der Waals surface area contributed by atoms with E-state index in [9.17, 15) is 21.6 Å². The van der Waals surface area contributed by atoms with Crippen LogP contribution in [0.2, 0.25) is 0 Å². The van der Waals surface area contributed by atoms with Crippen LogP contribution in [0.5, 0.6) is 0 Å². The number of nitrogens with one attached hydrogen (secondary N) is 1. The molecule has 1 heterocycles. The van der Waals surface area contributed by atoms with Gasteiger partial charge in [-0.3, -0.25) is 4.79 Å². The van der Waals surface area contributed by atoms with Crippen LogP contribution in [0.15, 0.2) is 132 Å². The number of benzene rings is 4. The lowest BCUT2D eigenvalue weighted by atomic mass is 9.78. The van der Waals surface area contributed by atoms with E-state index in [1.165, 1.54) is 44.3 Å². The number of likely N-dealkylation sites (tertiary alicyclic amines) is 1. The molecule has 11 heteroatoms. The summed E-state index contributed by atoms with van der Waals surface area (Å²) in [6, 6.07) is 32.8. The average Bonchev–Trinajstić information content (AvgIpc) is 3.84. The highest BCUT2D eigenvalue weighted by molar-refractivity contribution is 7.89. The smallest absolute Gasteiger partial charge is 0.306 e. The van der Waals surface area contributed by atoms with Crippen molar-refractivity contribution in [2.24, 2.45) is 11.8 Å². The van der Waals surface area contributed by atoms with E-state index in [1.807, 2.05) is 43.3 Å². The monoisotopic (exact) mass is 825 g/mol. The van der Waals surface area contributed by atoms with Gasteiger partial charge >= 0.3 is 5.97 Å². The second-order valence-electron chi connectivity index (χ2n) is 16.5. The maximum atomic E-state index is 13.2. The van der Waals surface area contributed by atoms with Gasteiger partial charge in [-0.05, 0) is 98.5 Å². The summed E-state index contributed by atoms with van der Waals surface area (Å²) >= 11 is 0. The van der Waals surface area contributed by atoms with E-state index in [2.05, 4.69) is 47.4 Å². The second-order valence-corrected chi connectivity index (χ2v) is 20.2. The molecular weight excluding hydrogens is 767 g/mol. The van der Waals surface area contributed by atoms with Gasteiger partial charge in [0.05, 0.1) is 15.8 Å². The lowest BCUT2D eigenvalue weighted by Gasteiger charge is -2.39. The molecule has 0 radical (unpaired) electrons. The fourth-order valence-electron chi connectivity index (χ4n) is 8.83. The highest BCUT2D eigenvalue weighted by Gasteiger charge is 2.39. The van der Waals surface area contributed by atoms with Crippen molar-refractivity contribution in [2.75, 3.05) is 33.2 Å². The Balaban J connectivity index is 0.000000198. The molecule has 1 aliphatic heterocycles. The lowest BCUT2D eigenvalue weighted by molar-refractivity contribution is -0.149. The predicted octanol–water partition coefficient (Wildman–Crippen LogP) is 8.23. The number of hydrogen-bond donors (Lipinski definition) is 1. The molecule has 2 fully saturated rings. The highest BCUT2D eigenvalue weighted by Crippen LogP contribution is 2.39. The average molecular weight is 826 g/mol. The van der Waals surface area contributed by atoms with Crippen LogP contribution in [0.4, 0.5) is 0 Å². The molecule has 0 amide bonds. The number of piperidine rings is 1. The maximum Gasteiger partial charge on any atom is 0.306 e. The Kier molecular flexibility index (Phi) is 14.5. The van der Waals surface area contributed by atoms with E-state index in [0.29, 0.717) is 24.3 Å². The van der Waals surface area contributed by atoms with Crippen molar-refractivity contribution in [2.45, 2.75) is 92.6 Å². The summed E-state index contributed by atoms with van der Waals surface area (Å²) < 4.78 is 61.9. The number of likely N-dealkylation sites (N-methyl/N-ethyl adjacent to an activating group) is 1. The molecule has 1 unspecified atom stereocenters. The van der Waals surface area contributed by atoms with Crippen LogP contribution in [0.1, 0.15) is 80.2 Å². The lowest BCUT2D eigenvalue weighted by Crippen LogP contribution is -2.44. The number of esters is 1. The summed E-state index contributed by atoms with van der Waals surface area (Å²) in [7, 11) is -5.55. The number of carbonyl (C=O) groups is 1. The number of hydrogen-bond acceptors (Lipinski definition) is 7. The molecule has 5 atom stereocenters. The Hall–Kier alpha value is -4.13. The van der Waals surface area contributed by atoms with Gasteiger partial charge in [-0.1, -0.05) is 116 Å². The number of ether oxygens (including phenoxy) is 1. The molecule has 4 aromatic rings. The SMILES string of the molecule is C=CCCC(=O)O[C@@H]1Cc2ccccc2[C@@H]1NS(=O)(=O)c1ccc(C)cc1.CN(C[C@@](C)(CCN1CCC2CCC[C@@H]2C1)c1ccccc1)S(=O)(=O)c1ccccc1. The molecular formula is C47H59N3O6S2. The topological polar surface area (TPSA) is 113 Å². The maximum absolute atomic E-state index is 13.2. The standard InChI is InChI=1S/C26H36N2O2S.C21H23NO4S/c1-26(24-12-5-3-6-13-24,17-19-28-18-16-22-10-9-11-23(22)20-28)21-27(2)31(29,30)25-14-7-4-8-15-25;1-3-4-9-20(23)26-19-14-16-7-5-6-8-18(16)21(19)22-27(24,25)17-12-10-15(2)11-13-17/h3-8,12-15,22-23H,9-11,16-21H2,1-2H3;3,5-8,10-13,19,21-22H,1,4,9,14H2,2H3/t22?,23-,26-;19-,21+/m11/s1. The molecule has 3 aliphatic rings. The minimum atomic E-state index is -3.75. The number of sulfonamides is 2. The van der Waals surface area contributed by atoms with Gasteiger partial charge in [0.1, 0.15) is 6.10 Å². The summed E-state index contributed by atoms with van der Waals surface area (Å²) in [5, 5.41) is 0. The first-order chi connectivity index (χ1) is 27.8. The fourth-order valence-corrected chi connectivity index (χ4v) is 11.4. The molecule has 1 saturated carbocycles. The van der Waals surface area contributed by atoms with Crippen LogP contribution >= 0.6 is 0 Å². The molecule has 1 saturated heterocycles. The van der Waals surface area contributed by atoms with Gasteiger partial charge in [-0.15, -0.1) is 6.58 Å². The van der Waals surface area contributed by atoms with E-state index in [1.54, 1.807) is 66.0 Å². The molecule has 7 rings (SSSR count). The van der Waals surface area contributed by atoms with Gasteiger partial charge in [0.2, 0.25) is 20.0 Å². The molecule has 0 bridgehead atoms. The summed E-state index contributed by atoms with van der Waals surface area (Å²) in [6.45, 7) is 11.6. The van der Waals surface area contributed by atoms with Crippen molar-refractivity contribution < 1.29 is 26.4 Å². The minimum Gasteiger partial charge on any atom is -0.460 e. The number of carbonyl (C=O) groups excluding carboxylic acids is 1. The largest absolute Gasteiger partial charge is 0.460 e. The number of aryl methyl sites for hydroxylation is 1. The predicted molar refractivity (Wildman–Crippen MR) is 230 cm³/mol. The van der Waals surface area contributed by atoms with E-state index in [4.69, 9.17) is 4.74 Å². The van der Waals surface area contributed by atoms with Crippen molar-refractivity contribution in [3.8, 4) is 0 Å². The Morgan fingerprint density at radius 3 is 2.24 bits per heavy atom. The normalized spacial score (nSPS) is 21.6. The van der Waals surface area contributed by atoms with Crippen LogP contribution in [-0.2, 0) is 41.4 Å². The first kappa shape index (κ1) is 43.4. The Morgan fingerprint density at radius 1 is 0.879 bits per heavy atom.